The zero-order chi connectivity index (χ0) is 8.69. The van der Waals surface area contributed by atoms with Gasteiger partial charge in [-0.2, -0.15) is 0 Å². The van der Waals surface area contributed by atoms with Crippen LogP contribution in [0.25, 0.3) is 0 Å². The fourth-order valence-corrected chi connectivity index (χ4v) is 0.946. The number of amides is 2. The van der Waals surface area contributed by atoms with Crippen molar-refractivity contribution < 1.29 is 9.59 Å². The van der Waals surface area contributed by atoms with E-state index < -0.39 is 6.03 Å². The molecule has 1 fully saturated rings. The number of Topliss-reactive ketones (excluding diaryl/α,β-unsaturated/α-hetero) is 1. The molecular weight excluding hydrogens is 144 g/mol. The molecule has 0 saturated heterocycles. The fourth-order valence-electron chi connectivity index (χ4n) is 0.946. The topological polar surface area (TPSA) is 86.2 Å². The Labute approximate surface area is 65.9 Å². The molecule has 1 saturated carbocycles. The van der Waals surface area contributed by atoms with Gasteiger partial charge in [0.15, 0.2) is 0 Å². The van der Waals surface area contributed by atoms with Gasteiger partial charge in [-0.1, -0.05) is 6.42 Å². The van der Waals surface area contributed by atoms with Crippen LogP contribution in [0.4, 0.5) is 4.79 Å². The van der Waals surface area contributed by atoms with Crippen LogP contribution in [-0.2, 0) is 4.79 Å². The van der Waals surface area contributed by atoms with E-state index in [0.29, 0.717) is 5.78 Å². The number of hydrogen-bond acceptors (Lipinski definition) is 2. The third-order valence-corrected chi connectivity index (χ3v) is 1.41. The Kier molecular flexibility index (Phi) is 5.15. The largest absolute Gasteiger partial charge is 0.352 e. The molecule has 1 aliphatic rings. The number of primary amides is 2. The van der Waals surface area contributed by atoms with Gasteiger partial charge in [-0.15, -0.1) is 0 Å². The van der Waals surface area contributed by atoms with E-state index in [1.54, 1.807) is 0 Å². The Morgan fingerprint density at radius 2 is 1.45 bits per heavy atom. The van der Waals surface area contributed by atoms with Gasteiger partial charge in [0.05, 0.1) is 0 Å². The summed E-state index contributed by atoms with van der Waals surface area (Å²) >= 11 is 0. The van der Waals surface area contributed by atoms with E-state index in [1.165, 1.54) is 6.42 Å². The molecule has 4 nitrogen and oxygen atoms in total. The molecule has 0 aromatic heterocycles. The smallest absolute Gasteiger partial charge is 0.309 e. The fraction of sp³-hybridized carbons (Fsp3) is 0.714. The summed E-state index contributed by atoms with van der Waals surface area (Å²) in [5, 5.41) is 0. The van der Waals surface area contributed by atoms with Gasteiger partial charge in [-0.25, -0.2) is 4.79 Å². The van der Waals surface area contributed by atoms with Gasteiger partial charge in [0, 0.05) is 12.8 Å². The van der Waals surface area contributed by atoms with E-state index >= 15 is 0 Å². The number of hydrogen-bond donors (Lipinski definition) is 2. The summed E-state index contributed by atoms with van der Waals surface area (Å²) in [4.78, 5) is 19.5. The average Bonchev–Trinajstić information content (AvgIpc) is 1.87. The molecule has 2 amide bonds. The molecule has 0 atom stereocenters. The first-order valence-corrected chi connectivity index (χ1v) is 3.69. The van der Waals surface area contributed by atoms with Crippen LogP contribution < -0.4 is 11.5 Å². The lowest BCUT2D eigenvalue weighted by Crippen LogP contribution is -2.18. The van der Waals surface area contributed by atoms with Crippen LogP contribution in [0.1, 0.15) is 32.1 Å². The van der Waals surface area contributed by atoms with Crippen LogP contribution in [0.5, 0.6) is 0 Å². The lowest BCUT2D eigenvalue weighted by Gasteiger charge is -2.05. The minimum Gasteiger partial charge on any atom is -0.352 e. The van der Waals surface area contributed by atoms with Crippen molar-refractivity contribution in [1.82, 2.24) is 0 Å². The predicted molar refractivity (Wildman–Crippen MR) is 41.9 cm³/mol. The van der Waals surface area contributed by atoms with Crippen LogP contribution in [0.2, 0.25) is 0 Å². The lowest BCUT2D eigenvalue weighted by atomic mass is 10.00. The van der Waals surface area contributed by atoms with Crippen molar-refractivity contribution in [1.29, 1.82) is 0 Å². The molecule has 0 radical (unpaired) electrons. The van der Waals surface area contributed by atoms with Crippen molar-refractivity contribution in [2.45, 2.75) is 32.1 Å². The van der Waals surface area contributed by atoms with Gasteiger partial charge in [0.25, 0.3) is 0 Å². The molecule has 11 heavy (non-hydrogen) atoms. The highest BCUT2D eigenvalue weighted by atomic mass is 16.2. The van der Waals surface area contributed by atoms with Crippen molar-refractivity contribution in [3.8, 4) is 0 Å². The summed E-state index contributed by atoms with van der Waals surface area (Å²) in [7, 11) is 0. The Morgan fingerprint density at radius 1 is 1.09 bits per heavy atom. The first-order valence-electron chi connectivity index (χ1n) is 3.69. The van der Waals surface area contributed by atoms with E-state index in [0.717, 1.165) is 25.7 Å². The Balaban J connectivity index is 0.000000218. The van der Waals surface area contributed by atoms with E-state index in [4.69, 9.17) is 4.79 Å². The molecule has 0 aromatic rings. The van der Waals surface area contributed by atoms with Crippen LogP contribution in [0.15, 0.2) is 0 Å². The highest BCUT2D eigenvalue weighted by molar-refractivity contribution is 5.78. The molecule has 1 rings (SSSR count). The zero-order valence-electron chi connectivity index (χ0n) is 6.51. The Hall–Kier alpha value is -1.06. The molecule has 0 heterocycles. The van der Waals surface area contributed by atoms with Gasteiger partial charge < -0.3 is 11.5 Å². The van der Waals surface area contributed by atoms with Gasteiger partial charge in [-0.05, 0) is 12.8 Å². The summed E-state index contributed by atoms with van der Waals surface area (Å²) < 4.78 is 0. The average molecular weight is 158 g/mol. The number of ketones is 1. The number of carbonyl (C=O) groups is 2. The molecule has 0 unspecified atom stereocenters. The number of carbonyl (C=O) groups excluding carboxylic acids is 2. The maximum atomic E-state index is 10.5. The van der Waals surface area contributed by atoms with E-state index in [1.807, 2.05) is 0 Å². The van der Waals surface area contributed by atoms with Gasteiger partial charge in [-0.3, -0.25) is 4.79 Å². The molecule has 0 aromatic carbocycles. The second kappa shape index (κ2) is 5.70. The molecule has 0 spiro atoms. The second-order valence-corrected chi connectivity index (χ2v) is 2.50. The molecular formula is C7H14N2O2. The molecule has 1 aliphatic carbocycles. The Morgan fingerprint density at radius 3 is 1.64 bits per heavy atom. The van der Waals surface area contributed by atoms with Gasteiger partial charge >= 0.3 is 6.03 Å². The third-order valence-electron chi connectivity index (χ3n) is 1.41. The van der Waals surface area contributed by atoms with E-state index in [9.17, 15) is 4.79 Å². The number of nitrogens with two attached hydrogens (primary N) is 2. The van der Waals surface area contributed by atoms with Crippen molar-refractivity contribution in [3.05, 3.63) is 0 Å². The minimum atomic E-state index is -0.833. The first-order chi connectivity index (χ1) is 5.13. The molecule has 0 bridgehead atoms. The SMILES string of the molecule is NC(N)=O.O=C1CCCCC1. The van der Waals surface area contributed by atoms with Crippen molar-refractivity contribution in [2.24, 2.45) is 11.5 Å². The van der Waals surface area contributed by atoms with Crippen molar-refractivity contribution in [2.75, 3.05) is 0 Å². The van der Waals surface area contributed by atoms with Crippen LogP contribution in [0.3, 0.4) is 0 Å². The predicted octanol–water partition coefficient (Wildman–Crippen LogP) is 0.543. The third kappa shape index (κ3) is 8.94. The quantitative estimate of drug-likeness (QED) is 0.539. The Bertz CT molecular complexity index is 133. The van der Waals surface area contributed by atoms with Crippen LogP contribution in [0, 0.1) is 0 Å². The minimum absolute atomic E-state index is 0.464. The summed E-state index contributed by atoms with van der Waals surface area (Å²) in [5.74, 6) is 0.464. The summed E-state index contributed by atoms with van der Waals surface area (Å²) in [6.07, 6.45) is 5.24. The highest BCUT2D eigenvalue weighted by Crippen LogP contribution is 2.12. The molecule has 0 aliphatic heterocycles. The lowest BCUT2D eigenvalue weighted by molar-refractivity contribution is -0.120. The maximum absolute atomic E-state index is 10.5. The van der Waals surface area contributed by atoms with Gasteiger partial charge in [0.2, 0.25) is 0 Å². The summed E-state index contributed by atoms with van der Waals surface area (Å²) in [6, 6.07) is -0.833. The summed E-state index contributed by atoms with van der Waals surface area (Å²) in [5.41, 5.74) is 8.50. The van der Waals surface area contributed by atoms with Crippen LogP contribution >= 0.6 is 0 Å². The van der Waals surface area contributed by atoms with E-state index in [-0.39, 0.29) is 0 Å². The van der Waals surface area contributed by atoms with Gasteiger partial charge in [0.1, 0.15) is 5.78 Å². The molecule has 4 heteroatoms. The molecule has 4 N–H and O–H groups in total. The second-order valence-electron chi connectivity index (χ2n) is 2.50. The molecule has 64 valence electrons. The number of rotatable bonds is 0. The normalized spacial score (nSPS) is 16.5. The monoisotopic (exact) mass is 158 g/mol. The van der Waals surface area contributed by atoms with Crippen molar-refractivity contribution in [3.63, 3.8) is 0 Å². The summed E-state index contributed by atoms with van der Waals surface area (Å²) in [6.45, 7) is 0. The zero-order valence-corrected chi connectivity index (χ0v) is 6.51. The number of urea groups is 1. The van der Waals surface area contributed by atoms with Crippen molar-refractivity contribution >= 4 is 11.8 Å². The highest BCUT2D eigenvalue weighted by Gasteiger charge is 2.05. The first kappa shape index (κ1) is 9.94. The van der Waals surface area contributed by atoms with E-state index in [2.05, 4.69) is 11.5 Å². The standard InChI is InChI=1S/C6H10O.CH4N2O/c7-6-4-2-1-3-5-6;2-1(3)4/h1-5H2;(H4,2,3,4). The van der Waals surface area contributed by atoms with Crippen LogP contribution in [-0.4, -0.2) is 11.8 Å². The maximum Gasteiger partial charge on any atom is 0.309 e.